The molecule has 0 aromatic rings. The molecule has 0 aliphatic carbocycles. The maximum Gasteiger partial charge on any atom is 0.409 e. The van der Waals surface area contributed by atoms with Crippen LogP contribution in [0.1, 0.15) is 39.5 Å². The van der Waals surface area contributed by atoms with Crippen molar-refractivity contribution in [3.05, 3.63) is 0 Å². The number of ether oxygens (including phenoxy) is 2. The van der Waals surface area contributed by atoms with Crippen LogP contribution in [0.3, 0.4) is 0 Å². The summed E-state index contributed by atoms with van der Waals surface area (Å²) in [6.07, 6.45) is 3.51. The lowest BCUT2D eigenvalue weighted by atomic mass is 9.92. The highest BCUT2D eigenvalue weighted by atomic mass is 16.6. The van der Waals surface area contributed by atoms with Gasteiger partial charge < -0.3 is 29.1 Å². The van der Waals surface area contributed by atoms with E-state index in [1.807, 2.05) is 27.9 Å². The van der Waals surface area contributed by atoms with Crippen molar-refractivity contribution in [2.45, 2.75) is 45.6 Å². The molecule has 1 aliphatic heterocycles. The number of carbonyl (C=O) groups excluding carboxylic acids is 2. The molecule has 8 heteroatoms. The summed E-state index contributed by atoms with van der Waals surface area (Å²) in [6, 6.07) is 0. The van der Waals surface area contributed by atoms with E-state index in [0.29, 0.717) is 25.6 Å². The van der Waals surface area contributed by atoms with E-state index < -0.39 is 0 Å². The largest absolute Gasteiger partial charge is 0.450 e. The van der Waals surface area contributed by atoms with Gasteiger partial charge in [-0.25, -0.2) is 9.59 Å². The summed E-state index contributed by atoms with van der Waals surface area (Å²) >= 11 is 0. The fourth-order valence-corrected chi connectivity index (χ4v) is 3.66. The standard InChI is InChI=1S/C21H42N4O4/c1-7-28-20(26)24(6)14-15-25-13-8-10-19(17-25)16-18(2)29-21(27)23(5)12-9-11-22(3)4/h18-19H,7-17H2,1-6H3. The van der Waals surface area contributed by atoms with Gasteiger partial charge in [0.1, 0.15) is 6.10 Å². The van der Waals surface area contributed by atoms with Crippen LogP contribution in [0.25, 0.3) is 0 Å². The number of hydrogen-bond acceptors (Lipinski definition) is 6. The van der Waals surface area contributed by atoms with Gasteiger partial charge in [0, 0.05) is 40.3 Å². The molecule has 1 rings (SSSR count). The summed E-state index contributed by atoms with van der Waals surface area (Å²) in [5.74, 6) is 0.512. The van der Waals surface area contributed by atoms with E-state index in [-0.39, 0.29) is 18.3 Å². The van der Waals surface area contributed by atoms with Gasteiger partial charge in [-0.1, -0.05) is 0 Å². The van der Waals surface area contributed by atoms with Gasteiger partial charge >= 0.3 is 12.2 Å². The molecule has 0 aromatic heterocycles. The van der Waals surface area contributed by atoms with Crippen molar-refractivity contribution in [3.63, 3.8) is 0 Å². The number of rotatable bonds is 11. The van der Waals surface area contributed by atoms with Crippen LogP contribution in [0.15, 0.2) is 0 Å². The molecular formula is C21H42N4O4. The molecule has 0 bridgehead atoms. The van der Waals surface area contributed by atoms with E-state index in [1.54, 1.807) is 23.9 Å². The minimum absolute atomic E-state index is 0.0917. The Balaban J connectivity index is 2.31. The van der Waals surface area contributed by atoms with E-state index in [1.165, 1.54) is 0 Å². The summed E-state index contributed by atoms with van der Waals surface area (Å²) in [5, 5.41) is 0. The van der Waals surface area contributed by atoms with Crippen LogP contribution >= 0.6 is 0 Å². The summed E-state index contributed by atoms with van der Waals surface area (Å²) in [4.78, 5) is 31.8. The zero-order chi connectivity index (χ0) is 21.8. The molecule has 0 saturated carbocycles. The van der Waals surface area contributed by atoms with E-state index in [4.69, 9.17) is 9.47 Å². The SMILES string of the molecule is CCOC(=O)N(C)CCN1CCCC(CC(C)OC(=O)N(C)CCCN(C)C)C1. The lowest BCUT2D eigenvalue weighted by Gasteiger charge is -2.34. The first-order valence-corrected chi connectivity index (χ1v) is 10.9. The van der Waals surface area contributed by atoms with Crippen LogP contribution < -0.4 is 0 Å². The zero-order valence-electron chi connectivity index (χ0n) is 19.4. The van der Waals surface area contributed by atoms with Crippen molar-refractivity contribution in [1.29, 1.82) is 0 Å². The van der Waals surface area contributed by atoms with Gasteiger partial charge in [0.25, 0.3) is 0 Å². The van der Waals surface area contributed by atoms with Gasteiger partial charge in [0.15, 0.2) is 0 Å². The van der Waals surface area contributed by atoms with Crippen LogP contribution in [-0.4, -0.2) is 112 Å². The lowest BCUT2D eigenvalue weighted by molar-refractivity contribution is 0.0531. The summed E-state index contributed by atoms with van der Waals surface area (Å²) in [7, 11) is 7.63. The topological polar surface area (TPSA) is 65.6 Å². The average Bonchev–Trinajstić information content (AvgIpc) is 2.66. The van der Waals surface area contributed by atoms with Crippen molar-refractivity contribution < 1.29 is 19.1 Å². The average molecular weight is 415 g/mol. The number of carbonyl (C=O) groups is 2. The Morgan fingerprint density at radius 2 is 1.76 bits per heavy atom. The van der Waals surface area contributed by atoms with Crippen LogP contribution in [0.4, 0.5) is 9.59 Å². The van der Waals surface area contributed by atoms with Gasteiger partial charge in [0.05, 0.1) is 6.61 Å². The maximum atomic E-state index is 12.3. The van der Waals surface area contributed by atoms with Gasteiger partial charge in [-0.3, -0.25) is 0 Å². The molecule has 1 heterocycles. The van der Waals surface area contributed by atoms with Crippen molar-refractivity contribution in [2.24, 2.45) is 5.92 Å². The van der Waals surface area contributed by atoms with Crippen LogP contribution in [0.2, 0.25) is 0 Å². The quantitative estimate of drug-likeness (QED) is 0.518. The predicted octanol–water partition coefficient (Wildman–Crippen LogP) is 2.59. The fourth-order valence-electron chi connectivity index (χ4n) is 3.66. The molecule has 8 nitrogen and oxygen atoms in total. The summed E-state index contributed by atoms with van der Waals surface area (Å²) < 4.78 is 10.7. The smallest absolute Gasteiger partial charge is 0.409 e. The zero-order valence-corrected chi connectivity index (χ0v) is 19.4. The third kappa shape index (κ3) is 10.7. The third-order valence-corrected chi connectivity index (χ3v) is 5.31. The molecule has 0 spiro atoms. The third-order valence-electron chi connectivity index (χ3n) is 5.31. The van der Waals surface area contributed by atoms with E-state index in [9.17, 15) is 9.59 Å². The minimum atomic E-state index is -0.267. The van der Waals surface area contributed by atoms with Gasteiger partial charge in [-0.15, -0.1) is 0 Å². The molecule has 1 saturated heterocycles. The Morgan fingerprint density at radius 3 is 2.41 bits per heavy atom. The van der Waals surface area contributed by atoms with Crippen LogP contribution in [0.5, 0.6) is 0 Å². The lowest BCUT2D eigenvalue weighted by Crippen LogP contribution is -2.42. The second kappa shape index (κ2) is 13.6. The highest BCUT2D eigenvalue weighted by Crippen LogP contribution is 2.22. The number of nitrogens with zero attached hydrogens (tertiary/aromatic N) is 4. The number of amides is 2. The summed E-state index contributed by atoms with van der Waals surface area (Å²) in [6.45, 7) is 9.40. The Kier molecular flexibility index (Phi) is 12.0. The molecule has 0 N–H and O–H groups in total. The molecule has 2 amide bonds. The number of hydrogen-bond donors (Lipinski definition) is 0. The van der Waals surface area contributed by atoms with Crippen molar-refractivity contribution in [2.75, 3.05) is 74.1 Å². The molecule has 1 aliphatic rings. The second-order valence-electron chi connectivity index (χ2n) is 8.44. The Hall–Kier alpha value is -1.54. The maximum absolute atomic E-state index is 12.3. The number of likely N-dealkylation sites (tertiary alicyclic amines) is 1. The van der Waals surface area contributed by atoms with Crippen molar-refractivity contribution >= 4 is 12.2 Å². The summed E-state index contributed by atoms with van der Waals surface area (Å²) in [5.41, 5.74) is 0. The van der Waals surface area contributed by atoms with Crippen molar-refractivity contribution in [3.8, 4) is 0 Å². The predicted molar refractivity (Wildman–Crippen MR) is 115 cm³/mol. The first-order chi connectivity index (χ1) is 13.7. The van der Waals surface area contributed by atoms with Gasteiger partial charge in [-0.05, 0) is 72.6 Å². The molecule has 0 radical (unpaired) electrons. The second-order valence-corrected chi connectivity index (χ2v) is 8.44. The van der Waals surface area contributed by atoms with Crippen LogP contribution in [0, 0.1) is 5.92 Å². The molecule has 2 atom stereocenters. The van der Waals surface area contributed by atoms with E-state index in [2.05, 4.69) is 9.80 Å². The Morgan fingerprint density at radius 1 is 1.07 bits per heavy atom. The van der Waals surface area contributed by atoms with E-state index >= 15 is 0 Å². The van der Waals surface area contributed by atoms with Crippen molar-refractivity contribution in [1.82, 2.24) is 19.6 Å². The first-order valence-electron chi connectivity index (χ1n) is 10.9. The highest BCUT2D eigenvalue weighted by molar-refractivity contribution is 5.67. The molecule has 1 fully saturated rings. The van der Waals surface area contributed by atoms with Crippen LogP contribution in [-0.2, 0) is 9.47 Å². The number of likely N-dealkylation sites (N-methyl/N-ethyl adjacent to an activating group) is 1. The normalized spacial score (nSPS) is 18.4. The van der Waals surface area contributed by atoms with Gasteiger partial charge in [0.2, 0.25) is 0 Å². The Bertz CT molecular complexity index is 489. The highest BCUT2D eigenvalue weighted by Gasteiger charge is 2.24. The Labute approximate surface area is 177 Å². The molecule has 29 heavy (non-hydrogen) atoms. The first kappa shape index (κ1) is 25.5. The molecular weight excluding hydrogens is 372 g/mol. The minimum Gasteiger partial charge on any atom is -0.450 e. The number of piperidine rings is 1. The molecule has 2 unspecified atom stereocenters. The fraction of sp³-hybridized carbons (Fsp3) is 0.905. The van der Waals surface area contributed by atoms with Gasteiger partial charge in [-0.2, -0.15) is 0 Å². The van der Waals surface area contributed by atoms with E-state index in [0.717, 1.165) is 51.9 Å². The molecule has 170 valence electrons. The monoisotopic (exact) mass is 414 g/mol. The molecule has 0 aromatic carbocycles.